The van der Waals surface area contributed by atoms with Crippen molar-refractivity contribution in [2.75, 3.05) is 6.54 Å². The van der Waals surface area contributed by atoms with E-state index >= 15 is 0 Å². The van der Waals surface area contributed by atoms with Crippen molar-refractivity contribution in [3.63, 3.8) is 0 Å². The highest BCUT2D eigenvalue weighted by Crippen LogP contribution is 2.32. The van der Waals surface area contributed by atoms with Crippen molar-refractivity contribution in [3.8, 4) is 0 Å². The van der Waals surface area contributed by atoms with Gasteiger partial charge in [0.05, 0.1) is 12.1 Å². The summed E-state index contributed by atoms with van der Waals surface area (Å²) in [6.07, 6.45) is 8.53. The Labute approximate surface area is 116 Å². The molecule has 1 aromatic rings. The molecule has 19 heavy (non-hydrogen) atoms. The van der Waals surface area contributed by atoms with Crippen molar-refractivity contribution in [3.05, 3.63) is 35.4 Å². The summed E-state index contributed by atoms with van der Waals surface area (Å²) in [5.74, 6) is 0.736. The maximum Gasteiger partial charge on any atom is 0.0737 e. The van der Waals surface area contributed by atoms with Crippen molar-refractivity contribution >= 4 is 0 Å². The number of hydrogen-bond donors (Lipinski definition) is 2. The molecule has 0 saturated heterocycles. The minimum atomic E-state index is -0.232. The second kappa shape index (κ2) is 6.06. The van der Waals surface area contributed by atoms with Gasteiger partial charge in [-0.25, -0.2) is 0 Å². The molecular formula is C17H25NO. The third-order valence-corrected chi connectivity index (χ3v) is 4.83. The second-order valence-corrected chi connectivity index (χ2v) is 6.19. The van der Waals surface area contributed by atoms with Crippen molar-refractivity contribution in [1.82, 2.24) is 5.32 Å². The Bertz CT molecular complexity index is 411. The number of fused-ring (bicyclic) bond motifs is 1. The molecule has 2 atom stereocenters. The predicted molar refractivity (Wildman–Crippen MR) is 78.1 cm³/mol. The van der Waals surface area contributed by atoms with Crippen molar-refractivity contribution in [1.29, 1.82) is 0 Å². The van der Waals surface area contributed by atoms with Crippen molar-refractivity contribution in [2.45, 2.75) is 57.1 Å². The highest BCUT2D eigenvalue weighted by atomic mass is 16.3. The van der Waals surface area contributed by atoms with E-state index in [4.69, 9.17) is 0 Å². The summed E-state index contributed by atoms with van der Waals surface area (Å²) in [4.78, 5) is 0. The Hall–Kier alpha value is -0.860. The number of benzene rings is 1. The smallest absolute Gasteiger partial charge is 0.0737 e. The molecule has 0 radical (unpaired) electrons. The first-order valence-corrected chi connectivity index (χ1v) is 7.84. The number of hydrogen-bond acceptors (Lipinski definition) is 2. The summed E-state index contributed by atoms with van der Waals surface area (Å²) in [5.41, 5.74) is 2.73. The summed E-state index contributed by atoms with van der Waals surface area (Å²) >= 11 is 0. The minimum absolute atomic E-state index is 0.145. The molecular weight excluding hydrogens is 234 g/mol. The van der Waals surface area contributed by atoms with Gasteiger partial charge in [0.1, 0.15) is 0 Å². The second-order valence-electron chi connectivity index (χ2n) is 6.19. The van der Waals surface area contributed by atoms with Crippen LogP contribution >= 0.6 is 0 Å². The van der Waals surface area contributed by atoms with E-state index in [-0.39, 0.29) is 12.1 Å². The zero-order valence-corrected chi connectivity index (χ0v) is 11.6. The number of rotatable bonds is 3. The van der Waals surface area contributed by atoms with E-state index in [2.05, 4.69) is 29.6 Å². The Kier molecular flexibility index (Phi) is 4.19. The molecule has 1 aliphatic carbocycles. The van der Waals surface area contributed by atoms with Crippen LogP contribution in [0.15, 0.2) is 24.3 Å². The summed E-state index contributed by atoms with van der Waals surface area (Å²) < 4.78 is 0. The van der Waals surface area contributed by atoms with Gasteiger partial charge in [0, 0.05) is 0 Å². The highest BCUT2D eigenvalue weighted by molar-refractivity contribution is 5.33. The van der Waals surface area contributed by atoms with E-state index in [1.165, 1.54) is 43.2 Å². The SMILES string of the molecule is OC(CC1CCCCC1)C1NCCc2ccccc21. The summed E-state index contributed by atoms with van der Waals surface area (Å²) in [5, 5.41) is 14.1. The van der Waals surface area contributed by atoms with Crippen LogP contribution in [0.1, 0.15) is 55.7 Å². The Morgan fingerprint density at radius 1 is 1.16 bits per heavy atom. The van der Waals surface area contributed by atoms with E-state index < -0.39 is 0 Å². The fourth-order valence-corrected chi connectivity index (χ4v) is 3.78. The molecule has 3 rings (SSSR count). The molecule has 2 heteroatoms. The Balaban J connectivity index is 1.68. The predicted octanol–water partition coefficient (Wildman–Crippen LogP) is 3.20. The van der Waals surface area contributed by atoms with Crippen molar-refractivity contribution in [2.24, 2.45) is 5.92 Å². The molecule has 0 amide bonds. The largest absolute Gasteiger partial charge is 0.391 e. The lowest BCUT2D eigenvalue weighted by molar-refractivity contribution is 0.0888. The van der Waals surface area contributed by atoms with E-state index in [0.29, 0.717) is 0 Å². The first-order valence-electron chi connectivity index (χ1n) is 7.84. The standard InChI is InChI=1S/C17H25NO/c19-16(12-13-6-2-1-3-7-13)17-15-9-5-4-8-14(15)10-11-18-17/h4-5,8-9,13,16-19H,1-3,6-7,10-12H2. The van der Waals surface area contributed by atoms with E-state index in [1.807, 2.05) is 0 Å². The van der Waals surface area contributed by atoms with Crippen LogP contribution in [0.2, 0.25) is 0 Å². The van der Waals surface area contributed by atoms with E-state index in [0.717, 1.165) is 25.3 Å². The lowest BCUT2D eigenvalue weighted by atomic mass is 9.82. The average Bonchev–Trinajstić information content (AvgIpc) is 2.47. The van der Waals surface area contributed by atoms with Crippen molar-refractivity contribution < 1.29 is 5.11 Å². The molecule has 2 aliphatic rings. The third kappa shape index (κ3) is 3.01. The molecule has 104 valence electrons. The third-order valence-electron chi connectivity index (χ3n) is 4.83. The lowest BCUT2D eigenvalue weighted by Gasteiger charge is -2.33. The van der Waals surface area contributed by atoms with Crippen LogP contribution in [-0.2, 0) is 6.42 Å². The average molecular weight is 259 g/mol. The number of nitrogens with one attached hydrogen (secondary N) is 1. The summed E-state index contributed by atoms with van der Waals surface area (Å²) in [6.45, 7) is 0.989. The first-order chi connectivity index (χ1) is 9.34. The molecule has 1 aliphatic heterocycles. The van der Waals surface area contributed by atoms with E-state index in [9.17, 15) is 5.11 Å². The molecule has 0 spiro atoms. The van der Waals surface area contributed by atoms with Gasteiger partial charge in [-0.1, -0.05) is 56.4 Å². The monoisotopic (exact) mass is 259 g/mol. The molecule has 1 saturated carbocycles. The van der Waals surface area contributed by atoms with Crippen LogP contribution in [0, 0.1) is 5.92 Å². The Morgan fingerprint density at radius 3 is 2.79 bits per heavy atom. The van der Waals surface area contributed by atoms with Gasteiger partial charge in [-0.3, -0.25) is 0 Å². The van der Waals surface area contributed by atoms with Crippen LogP contribution in [-0.4, -0.2) is 17.8 Å². The maximum atomic E-state index is 10.6. The lowest BCUT2D eigenvalue weighted by Crippen LogP contribution is -2.38. The van der Waals surface area contributed by atoms with Gasteiger partial charge in [0.25, 0.3) is 0 Å². The molecule has 2 N–H and O–H groups in total. The Morgan fingerprint density at radius 2 is 1.95 bits per heavy atom. The molecule has 1 heterocycles. The van der Waals surface area contributed by atoms with Gasteiger partial charge in [-0.05, 0) is 36.4 Å². The first kappa shape index (κ1) is 13.1. The van der Waals surface area contributed by atoms with Gasteiger partial charge in [-0.15, -0.1) is 0 Å². The van der Waals surface area contributed by atoms with Gasteiger partial charge < -0.3 is 10.4 Å². The minimum Gasteiger partial charge on any atom is -0.391 e. The summed E-state index contributed by atoms with van der Waals surface area (Å²) in [7, 11) is 0. The van der Waals surface area contributed by atoms with Crippen LogP contribution < -0.4 is 5.32 Å². The normalized spacial score (nSPS) is 25.8. The number of aliphatic hydroxyl groups is 1. The zero-order chi connectivity index (χ0) is 13.1. The molecule has 1 fully saturated rings. The van der Waals surface area contributed by atoms with Gasteiger partial charge in [0.15, 0.2) is 0 Å². The van der Waals surface area contributed by atoms with Crippen LogP contribution in [0.4, 0.5) is 0 Å². The van der Waals surface area contributed by atoms with Crippen LogP contribution in [0.3, 0.4) is 0 Å². The van der Waals surface area contributed by atoms with Gasteiger partial charge >= 0.3 is 0 Å². The van der Waals surface area contributed by atoms with Gasteiger partial charge in [0.2, 0.25) is 0 Å². The summed E-state index contributed by atoms with van der Waals surface area (Å²) in [6, 6.07) is 8.72. The zero-order valence-electron chi connectivity index (χ0n) is 11.6. The van der Waals surface area contributed by atoms with Crippen LogP contribution in [0.5, 0.6) is 0 Å². The van der Waals surface area contributed by atoms with Gasteiger partial charge in [-0.2, -0.15) is 0 Å². The fraction of sp³-hybridized carbons (Fsp3) is 0.647. The maximum absolute atomic E-state index is 10.6. The van der Waals surface area contributed by atoms with E-state index in [1.54, 1.807) is 0 Å². The molecule has 2 nitrogen and oxygen atoms in total. The molecule has 0 bridgehead atoms. The number of aliphatic hydroxyl groups excluding tert-OH is 1. The van der Waals surface area contributed by atoms with Crippen LogP contribution in [0.25, 0.3) is 0 Å². The molecule has 2 unspecified atom stereocenters. The fourth-order valence-electron chi connectivity index (χ4n) is 3.78. The topological polar surface area (TPSA) is 32.3 Å². The quantitative estimate of drug-likeness (QED) is 0.873. The molecule has 0 aromatic heterocycles. The molecule has 1 aromatic carbocycles. The highest BCUT2D eigenvalue weighted by Gasteiger charge is 2.28.